The molecule has 1 amide bonds. The number of benzene rings is 3. The van der Waals surface area contributed by atoms with Crippen molar-refractivity contribution in [2.75, 3.05) is 17.7 Å². The van der Waals surface area contributed by atoms with Gasteiger partial charge in [0.05, 0.1) is 18.4 Å². The molecule has 1 aliphatic heterocycles. The Morgan fingerprint density at radius 1 is 1.08 bits per heavy atom. The summed E-state index contributed by atoms with van der Waals surface area (Å²) in [5.41, 5.74) is 3.55. The van der Waals surface area contributed by atoms with Gasteiger partial charge in [-0.25, -0.2) is 4.68 Å². The molecule has 1 unspecified atom stereocenters. The van der Waals surface area contributed by atoms with E-state index in [1.165, 1.54) is 6.33 Å². The number of allylic oxidation sites excluding steroid dienone is 1. The van der Waals surface area contributed by atoms with Gasteiger partial charge in [0.25, 0.3) is 5.91 Å². The van der Waals surface area contributed by atoms with Crippen LogP contribution in [-0.4, -0.2) is 27.8 Å². The number of carbonyl (C=O) groups excluding carboxylic acids is 1. The lowest BCUT2D eigenvalue weighted by Gasteiger charge is -2.30. The molecule has 1 aliphatic rings. The fraction of sp³-hybridized carbons (Fsp3) is 0.148. The highest BCUT2D eigenvalue weighted by molar-refractivity contribution is 9.10. The molecular weight excluding hydrogens is 522 g/mol. The van der Waals surface area contributed by atoms with Crippen LogP contribution in [0.5, 0.6) is 11.5 Å². The van der Waals surface area contributed by atoms with E-state index in [9.17, 15) is 4.79 Å². The normalized spacial score (nSPS) is 14.6. The zero-order chi connectivity index (χ0) is 25.1. The standard InChI is InChI=1S/C27H24BrN5O3/c1-17-24(26(34)32-21-10-6-7-11-23(21)35-2)25(33-27(31-17)29-16-30-33)20-14-19(28)12-13-22(20)36-15-18-8-4-3-5-9-18/h3-14,16,25H,15H2,1-2H3,(H,32,34)(H,29,30,31). The Bertz CT molecular complexity index is 1430. The smallest absolute Gasteiger partial charge is 0.255 e. The van der Waals surface area contributed by atoms with Crippen LogP contribution in [0.1, 0.15) is 24.1 Å². The van der Waals surface area contributed by atoms with Gasteiger partial charge in [0.2, 0.25) is 5.95 Å². The SMILES string of the molecule is COc1ccccc1NC(=O)C1=C(C)Nc2ncnn2C1c1cc(Br)ccc1OCc1ccccc1. The second-order valence-corrected chi connectivity index (χ2v) is 9.12. The van der Waals surface area contributed by atoms with Crippen molar-refractivity contribution in [2.24, 2.45) is 0 Å². The van der Waals surface area contributed by atoms with E-state index in [1.54, 1.807) is 23.9 Å². The van der Waals surface area contributed by atoms with E-state index in [2.05, 4.69) is 36.6 Å². The summed E-state index contributed by atoms with van der Waals surface area (Å²) in [6.45, 7) is 2.24. The van der Waals surface area contributed by atoms with Crippen molar-refractivity contribution in [1.82, 2.24) is 14.8 Å². The number of para-hydroxylation sites is 2. The predicted octanol–water partition coefficient (Wildman–Crippen LogP) is 5.56. The van der Waals surface area contributed by atoms with Crippen LogP contribution in [-0.2, 0) is 11.4 Å². The highest BCUT2D eigenvalue weighted by Gasteiger charge is 2.35. The maximum Gasteiger partial charge on any atom is 0.255 e. The van der Waals surface area contributed by atoms with Crippen LogP contribution < -0.4 is 20.1 Å². The summed E-state index contributed by atoms with van der Waals surface area (Å²) in [7, 11) is 1.57. The van der Waals surface area contributed by atoms with Crippen molar-refractivity contribution in [2.45, 2.75) is 19.6 Å². The molecule has 0 aliphatic carbocycles. The first-order chi connectivity index (χ1) is 17.5. The number of anilines is 2. The number of amides is 1. The number of halogens is 1. The minimum absolute atomic E-state index is 0.287. The van der Waals surface area contributed by atoms with Gasteiger partial charge in [-0.2, -0.15) is 10.1 Å². The molecule has 0 saturated heterocycles. The molecular formula is C27H24BrN5O3. The number of fused-ring (bicyclic) bond motifs is 1. The number of ether oxygens (including phenoxy) is 2. The summed E-state index contributed by atoms with van der Waals surface area (Å²) in [5, 5.41) is 10.6. The maximum atomic E-state index is 13.8. The molecule has 0 saturated carbocycles. The van der Waals surface area contributed by atoms with Crippen molar-refractivity contribution >= 4 is 33.5 Å². The monoisotopic (exact) mass is 545 g/mol. The van der Waals surface area contributed by atoms with Crippen molar-refractivity contribution in [1.29, 1.82) is 0 Å². The fourth-order valence-electron chi connectivity index (χ4n) is 4.21. The molecule has 2 N–H and O–H groups in total. The van der Waals surface area contributed by atoms with Crippen LogP contribution in [0.15, 0.2) is 94.9 Å². The third-order valence-corrected chi connectivity index (χ3v) is 6.39. The Hall–Kier alpha value is -4.11. The van der Waals surface area contributed by atoms with Crippen molar-refractivity contribution in [3.63, 3.8) is 0 Å². The minimum atomic E-state index is -0.582. The Morgan fingerprint density at radius 3 is 2.67 bits per heavy atom. The van der Waals surface area contributed by atoms with Gasteiger partial charge in [-0.3, -0.25) is 4.79 Å². The van der Waals surface area contributed by atoms with Gasteiger partial charge in [-0.1, -0.05) is 58.4 Å². The lowest BCUT2D eigenvalue weighted by atomic mass is 9.94. The van der Waals surface area contributed by atoms with Crippen molar-refractivity contribution in [3.8, 4) is 11.5 Å². The van der Waals surface area contributed by atoms with E-state index in [0.717, 1.165) is 15.6 Å². The summed E-state index contributed by atoms with van der Waals surface area (Å²) in [5.74, 6) is 1.47. The van der Waals surface area contributed by atoms with E-state index < -0.39 is 6.04 Å². The molecule has 0 bridgehead atoms. The van der Waals surface area contributed by atoms with Gasteiger partial charge in [0.15, 0.2) is 0 Å². The topological polar surface area (TPSA) is 90.3 Å². The lowest BCUT2D eigenvalue weighted by Crippen LogP contribution is -2.32. The fourth-order valence-corrected chi connectivity index (χ4v) is 4.59. The number of nitrogens with zero attached hydrogens (tertiary/aromatic N) is 3. The van der Waals surface area contributed by atoms with Gasteiger partial charge in [0.1, 0.15) is 30.5 Å². The average Bonchev–Trinajstić information content (AvgIpc) is 3.36. The number of nitrogens with one attached hydrogen (secondary N) is 2. The van der Waals surface area contributed by atoms with Crippen LogP contribution in [0.2, 0.25) is 0 Å². The number of hydrogen-bond donors (Lipinski definition) is 2. The summed E-state index contributed by atoms with van der Waals surface area (Å²) in [4.78, 5) is 18.1. The molecule has 5 rings (SSSR count). The van der Waals surface area contributed by atoms with Gasteiger partial charge in [0, 0.05) is 15.7 Å². The highest BCUT2D eigenvalue weighted by atomic mass is 79.9. The molecule has 1 atom stereocenters. The Labute approximate surface area is 217 Å². The first kappa shape index (κ1) is 23.6. The second-order valence-electron chi connectivity index (χ2n) is 8.21. The third-order valence-electron chi connectivity index (χ3n) is 5.90. The van der Waals surface area contributed by atoms with Crippen LogP contribution in [0, 0.1) is 0 Å². The summed E-state index contributed by atoms with van der Waals surface area (Å²) in [6.07, 6.45) is 1.46. The predicted molar refractivity (Wildman–Crippen MR) is 141 cm³/mol. The molecule has 0 spiro atoms. The number of aromatic nitrogens is 3. The molecule has 9 heteroatoms. The maximum absolute atomic E-state index is 13.8. The number of hydrogen-bond acceptors (Lipinski definition) is 6. The van der Waals surface area contributed by atoms with E-state index in [-0.39, 0.29) is 5.91 Å². The van der Waals surface area contributed by atoms with Crippen LogP contribution >= 0.6 is 15.9 Å². The largest absolute Gasteiger partial charge is 0.495 e. The Balaban J connectivity index is 1.56. The molecule has 0 fully saturated rings. The summed E-state index contributed by atoms with van der Waals surface area (Å²) in [6, 6.07) is 22.4. The first-order valence-corrected chi connectivity index (χ1v) is 12.1. The van der Waals surface area contributed by atoms with E-state index in [0.29, 0.717) is 41.0 Å². The zero-order valence-electron chi connectivity index (χ0n) is 19.7. The number of rotatable bonds is 7. The molecule has 2 heterocycles. The minimum Gasteiger partial charge on any atom is -0.495 e. The average molecular weight is 546 g/mol. The van der Waals surface area contributed by atoms with Gasteiger partial charge in [-0.15, -0.1) is 0 Å². The van der Waals surface area contributed by atoms with Crippen molar-refractivity contribution in [3.05, 3.63) is 106 Å². The zero-order valence-corrected chi connectivity index (χ0v) is 21.3. The highest BCUT2D eigenvalue weighted by Crippen LogP contribution is 2.41. The molecule has 1 aromatic heterocycles. The van der Waals surface area contributed by atoms with E-state index in [4.69, 9.17) is 9.47 Å². The first-order valence-electron chi connectivity index (χ1n) is 11.3. The molecule has 4 aromatic rings. The van der Waals surface area contributed by atoms with Crippen LogP contribution in [0.4, 0.5) is 11.6 Å². The third kappa shape index (κ3) is 4.70. The van der Waals surface area contributed by atoms with Crippen LogP contribution in [0.25, 0.3) is 0 Å². The van der Waals surface area contributed by atoms with Crippen molar-refractivity contribution < 1.29 is 14.3 Å². The molecule has 8 nitrogen and oxygen atoms in total. The second kappa shape index (κ2) is 10.2. The van der Waals surface area contributed by atoms with Crippen LogP contribution in [0.3, 0.4) is 0 Å². The molecule has 36 heavy (non-hydrogen) atoms. The number of methoxy groups -OCH3 is 1. The Kier molecular flexibility index (Phi) is 6.73. The lowest BCUT2D eigenvalue weighted by molar-refractivity contribution is -0.113. The summed E-state index contributed by atoms with van der Waals surface area (Å²) < 4.78 is 14.2. The van der Waals surface area contributed by atoms with Gasteiger partial charge in [-0.05, 0) is 42.8 Å². The quantitative estimate of drug-likeness (QED) is 0.316. The molecule has 182 valence electrons. The summed E-state index contributed by atoms with van der Waals surface area (Å²) >= 11 is 3.58. The van der Waals surface area contributed by atoms with E-state index >= 15 is 0 Å². The van der Waals surface area contributed by atoms with E-state index in [1.807, 2.05) is 67.6 Å². The Morgan fingerprint density at radius 2 is 1.86 bits per heavy atom. The molecule has 0 radical (unpaired) electrons. The molecule has 3 aromatic carbocycles. The number of carbonyl (C=O) groups is 1. The van der Waals surface area contributed by atoms with Gasteiger partial charge < -0.3 is 20.1 Å². The van der Waals surface area contributed by atoms with Gasteiger partial charge >= 0.3 is 0 Å².